The number of hydrogen-bond donors (Lipinski definition) is 0. The molecule has 0 saturated heterocycles. The lowest BCUT2D eigenvalue weighted by molar-refractivity contribution is -0.117. The summed E-state index contributed by atoms with van der Waals surface area (Å²) in [5.74, 6) is 0.580. The second kappa shape index (κ2) is 12.3. The Labute approximate surface area is 88.1 Å². The van der Waals surface area contributed by atoms with Crippen LogP contribution in [0, 0.1) is 0 Å². The molecule has 0 rings (SSSR count). The number of carbonyl (C=O) groups excluding carboxylic acids is 2. The maximum Gasteiger partial charge on any atom is 0.129 e. The zero-order valence-electron chi connectivity index (χ0n) is 10.1. The van der Waals surface area contributed by atoms with Gasteiger partial charge in [-0.15, -0.1) is 0 Å². The van der Waals surface area contributed by atoms with Crippen LogP contribution in [0.15, 0.2) is 0 Å². The predicted molar refractivity (Wildman–Crippen MR) is 60.4 cm³/mol. The SMILES string of the molecule is CCC(C)=O.CCCCCCC(C)=O. The maximum absolute atomic E-state index is 10.4. The van der Waals surface area contributed by atoms with Crippen LogP contribution in [0.2, 0.25) is 0 Å². The highest BCUT2D eigenvalue weighted by molar-refractivity contribution is 5.75. The van der Waals surface area contributed by atoms with Crippen LogP contribution in [0.1, 0.15) is 66.2 Å². The van der Waals surface area contributed by atoms with Gasteiger partial charge < -0.3 is 9.59 Å². The summed E-state index contributed by atoms with van der Waals surface area (Å²) in [6.45, 7) is 7.27. The molecular formula is C12H24O2. The van der Waals surface area contributed by atoms with Gasteiger partial charge in [-0.05, 0) is 20.3 Å². The van der Waals surface area contributed by atoms with E-state index in [4.69, 9.17) is 0 Å². The molecule has 0 unspecified atom stereocenters. The van der Waals surface area contributed by atoms with E-state index >= 15 is 0 Å². The van der Waals surface area contributed by atoms with Gasteiger partial charge in [-0.1, -0.05) is 33.1 Å². The molecule has 2 nitrogen and oxygen atoms in total. The Hall–Kier alpha value is -0.660. The predicted octanol–water partition coefficient (Wildman–Crippen LogP) is 3.53. The molecule has 0 saturated carbocycles. The van der Waals surface area contributed by atoms with E-state index in [1.165, 1.54) is 19.3 Å². The second-order valence-corrected chi connectivity index (χ2v) is 3.57. The minimum absolute atomic E-state index is 0.255. The normalized spacial score (nSPS) is 8.86. The first kappa shape index (κ1) is 15.8. The van der Waals surface area contributed by atoms with Gasteiger partial charge >= 0.3 is 0 Å². The van der Waals surface area contributed by atoms with Crippen LogP contribution in [0.25, 0.3) is 0 Å². The highest BCUT2D eigenvalue weighted by Crippen LogP contribution is 2.01. The summed E-state index contributed by atoms with van der Waals surface area (Å²) in [6.07, 6.45) is 6.27. The van der Waals surface area contributed by atoms with Crippen molar-refractivity contribution in [1.29, 1.82) is 0 Å². The first-order valence-electron chi connectivity index (χ1n) is 5.53. The molecule has 0 bridgehead atoms. The summed E-state index contributed by atoms with van der Waals surface area (Å²) >= 11 is 0. The molecule has 0 radical (unpaired) electrons. The summed E-state index contributed by atoms with van der Waals surface area (Å²) in [7, 11) is 0. The fourth-order valence-electron chi connectivity index (χ4n) is 0.801. The van der Waals surface area contributed by atoms with Crippen LogP contribution in [0.5, 0.6) is 0 Å². The van der Waals surface area contributed by atoms with Crippen LogP contribution in [0.4, 0.5) is 0 Å². The van der Waals surface area contributed by atoms with Crippen molar-refractivity contribution < 1.29 is 9.59 Å². The average molecular weight is 200 g/mol. The van der Waals surface area contributed by atoms with Crippen molar-refractivity contribution in [3.63, 3.8) is 0 Å². The molecule has 0 atom stereocenters. The zero-order chi connectivity index (χ0) is 11.4. The van der Waals surface area contributed by atoms with E-state index in [-0.39, 0.29) is 5.78 Å². The van der Waals surface area contributed by atoms with E-state index in [9.17, 15) is 9.59 Å². The number of hydrogen-bond acceptors (Lipinski definition) is 2. The van der Waals surface area contributed by atoms with Crippen molar-refractivity contribution in [3.8, 4) is 0 Å². The highest BCUT2D eigenvalue weighted by atomic mass is 16.1. The largest absolute Gasteiger partial charge is 0.300 e. The highest BCUT2D eigenvalue weighted by Gasteiger charge is 1.91. The van der Waals surface area contributed by atoms with Gasteiger partial charge in [-0.3, -0.25) is 0 Å². The smallest absolute Gasteiger partial charge is 0.129 e. The lowest BCUT2D eigenvalue weighted by atomic mass is 10.1. The third kappa shape index (κ3) is 22.5. The molecule has 0 aliphatic rings. The molecule has 0 N–H and O–H groups in total. The Balaban J connectivity index is 0. The Morgan fingerprint density at radius 3 is 1.64 bits per heavy atom. The van der Waals surface area contributed by atoms with Gasteiger partial charge in [0, 0.05) is 12.8 Å². The van der Waals surface area contributed by atoms with Gasteiger partial charge in [-0.2, -0.15) is 0 Å². The van der Waals surface area contributed by atoms with Crippen molar-refractivity contribution in [2.75, 3.05) is 0 Å². The van der Waals surface area contributed by atoms with Gasteiger partial charge in [0.25, 0.3) is 0 Å². The summed E-state index contributed by atoms with van der Waals surface area (Å²) in [5, 5.41) is 0. The summed E-state index contributed by atoms with van der Waals surface area (Å²) in [4.78, 5) is 20.2. The number of carbonyl (C=O) groups is 2. The quantitative estimate of drug-likeness (QED) is 0.615. The van der Waals surface area contributed by atoms with E-state index in [0.29, 0.717) is 12.2 Å². The average Bonchev–Trinajstić information content (AvgIpc) is 2.13. The van der Waals surface area contributed by atoms with Crippen molar-refractivity contribution in [3.05, 3.63) is 0 Å². The lowest BCUT2D eigenvalue weighted by Gasteiger charge is -1.93. The van der Waals surface area contributed by atoms with Crippen LogP contribution in [0.3, 0.4) is 0 Å². The van der Waals surface area contributed by atoms with Gasteiger partial charge in [-0.25, -0.2) is 0 Å². The molecule has 0 aliphatic heterocycles. The molecular weight excluding hydrogens is 176 g/mol. The first-order chi connectivity index (χ1) is 6.54. The minimum Gasteiger partial charge on any atom is -0.300 e. The Morgan fingerprint density at radius 1 is 0.857 bits per heavy atom. The van der Waals surface area contributed by atoms with Gasteiger partial charge in [0.05, 0.1) is 0 Å². The summed E-state index contributed by atoms with van der Waals surface area (Å²) in [5.41, 5.74) is 0. The zero-order valence-corrected chi connectivity index (χ0v) is 10.1. The molecule has 2 heteroatoms. The molecule has 0 heterocycles. The number of unbranched alkanes of at least 4 members (excludes halogenated alkanes) is 3. The monoisotopic (exact) mass is 200 g/mol. The summed E-state index contributed by atoms with van der Waals surface area (Å²) < 4.78 is 0. The third-order valence-electron chi connectivity index (χ3n) is 1.88. The van der Waals surface area contributed by atoms with E-state index in [1.807, 2.05) is 6.92 Å². The number of rotatable bonds is 6. The van der Waals surface area contributed by atoms with Gasteiger partial charge in [0.2, 0.25) is 0 Å². The van der Waals surface area contributed by atoms with Gasteiger partial charge in [0.15, 0.2) is 0 Å². The lowest BCUT2D eigenvalue weighted by Crippen LogP contribution is -1.88. The fourth-order valence-corrected chi connectivity index (χ4v) is 0.801. The third-order valence-corrected chi connectivity index (χ3v) is 1.88. The van der Waals surface area contributed by atoms with E-state index in [2.05, 4.69) is 6.92 Å². The maximum atomic E-state index is 10.4. The molecule has 0 spiro atoms. The van der Waals surface area contributed by atoms with Crippen LogP contribution in [-0.4, -0.2) is 11.6 Å². The summed E-state index contributed by atoms with van der Waals surface area (Å²) in [6, 6.07) is 0. The molecule has 0 aromatic rings. The molecule has 0 aliphatic carbocycles. The van der Waals surface area contributed by atoms with Gasteiger partial charge in [0.1, 0.15) is 11.6 Å². The van der Waals surface area contributed by atoms with Crippen LogP contribution >= 0.6 is 0 Å². The fraction of sp³-hybridized carbons (Fsp3) is 0.833. The number of Topliss-reactive ketones (excluding diaryl/α,β-unsaturated/α-hetero) is 2. The Morgan fingerprint density at radius 2 is 1.36 bits per heavy atom. The first-order valence-corrected chi connectivity index (χ1v) is 5.53. The second-order valence-electron chi connectivity index (χ2n) is 3.57. The van der Waals surface area contributed by atoms with Crippen LogP contribution in [-0.2, 0) is 9.59 Å². The van der Waals surface area contributed by atoms with Crippen molar-refractivity contribution in [1.82, 2.24) is 0 Å². The molecule has 14 heavy (non-hydrogen) atoms. The van der Waals surface area contributed by atoms with Crippen molar-refractivity contribution in [2.45, 2.75) is 66.2 Å². The Kier molecular flexibility index (Phi) is 13.9. The molecule has 84 valence electrons. The van der Waals surface area contributed by atoms with Crippen molar-refractivity contribution in [2.24, 2.45) is 0 Å². The topological polar surface area (TPSA) is 34.1 Å². The van der Waals surface area contributed by atoms with E-state index in [0.717, 1.165) is 12.8 Å². The molecule has 0 fully saturated rings. The van der Waals surface area contributed by atoms with Crippen LogP contribution < -0.4 is 0 Å². The van der Waals surface area contributed by atoms with E-state index in [1.54, 1.807) is 13.8 Å². The van der Waals surface area contributed by atoms with Crippen molar-refractivity contribution >= 4 is 11.6 Å². The molecule has 0 amide bonds. The van der Waals surface area contributed by atoms with E-state index < -0.39 is 0 Å². The Bertz CT molecular complexity index is 150. The minimum atomic E-state index is 0.255. The standard InChI is InChI=1S/C8H16O.C4H8O/c1-3-4-5-6-7-8(2)9;1-3-4(2)5/h3-7H2,1-2H3;3H2,1-2H3. The number of ketones is 2. The molecule has 0 aromatic carbocycles. The molecule has 0 aromatic heterocycles.